The first kappa shape index (κ1) is 15.3. The zero-order valence-corrected chi connectivity index (χ0v) is 15.1. The maximum absolute atomic E-state index is 4.49. The Morgan fingerprint density at radius 3 is 2.11 bits per heavy atom. The summed E-state index contributed by atoms with van der Waals surface area (Å²) in [6.07, 6.45) is 3.48. The third-order valence-electron chi connectivity index (χ3n) is 5.53. The summed E-state index contributed by atoms with van der Waals surface area (Å²) in [4.78, 5) is 8.89. The summed E-state index contributed by atoms with van der Waals surface area (Å²) in [6.45, 7) is 0. The number of benzene rings is 5. The molecule has 0 fully saturated rings. The van der Waals surface area contributed by atoms with Gasteiger partial charge in [0.25, 0.3) is 0 Å². The molecule has 0 atom stereocenters. The molecule has 0 unspecified atom stereocenters. The van der Waals surface area contributed by atoms with Crippen molar-refractivity contribution in [3.63, 3.8) is 0 Å². The first-order chi connectivity index (χ1) is 13.9. The number of aromatic nitrogens is 2. The zero-order valence-electron chi connectivity index (χ0n) is 15.1. The summed E-state index contributed by atoms with van der Waals surface area (Å²) in [5.74, 6) is 0. The third kappa shape index (κ3) is 2.21. The van der Waals surface area contributed by atoms with Crippen LogP contribution < -0.4 is 0 Å². The van der Waals surface area contributed by atoms with Gasteiger partial charge in [0.2, 0.25) is 0 Å². The molecule has 0 aliphatic heterocycles. The molecule has 2 nitrogen and oxygen atoms in total. The highest BCUT2D eigenvalue weighted by molar-refractivity contribution is 6.23. The van der Waals surface area contributed by atoms with Crippen molar-refractivity contribution in [2.45, 2.75) is 0 Å². The van der Waals surface area contributed by atoms with Gasteiger partial charge in [-0.25, -0.2) is 0 Å². The van der Waals surface area contributed by atoms with Gasteiger partial charge in [0.1, 0.15) is 0 Å². The molecule has 0 N–H and O–H groups in total. The molecule has 0 amide bonds. The summed E-state index contributed by atoms with van der Waals surface area (Å²) < 4.78 is 0. The zero-order chi connectivity index (χ0) is 18.5. The summed E-state index contributed by atoms with van der Waals surface area (Å²) in [6, 6.07) is 30.4. The van der Waals surface area contributed by atoms with E-state index in [1.54, 1.807) is 12.4 Å². The normalized spacial score (nSPS) is 11.6. The van der Waals surface area contributed by atoms with Gasteiger partial charge < -0.3 is 0 Å². The first-order valence-corrected chi connectivity index (χ1v) is 9.43. The lowest BCUT2D eigenvalue weighted by Crippen LogP contribution is -1.88. The standard InChI is InChI=1S/C26H16N2/c1-2-6-20-17(5-1)9-10-19-15-23(21-7-3-4-8-22(21)26(19)20)18-11-12-24-25(16-18)28-14-13-27-24/h1-16H. The minimum atomic E-state index is 0.919. The molecule has 0 bridgehead atoms. The second-order valence-electron chi connectivity index (χ2n) is 7.11. The highest BCUT2D eigenvalue weighted by atomic mass is 14.8. The molecule has 130 valence electrons. The maximum atomic E-state index is 4.49. The van der Waals surface area contributed by atoms with Crippen LogP contribution in [0.15, 0.2) is 97.3 Å². The molecule has 0 saturated carbocycles. The number of fused-ring (bicyclic) bond motifs is 6. The first-order valence-electron chi connectivity index (χ1n) is 9.43. The summed E-state index contributed by atoms with van der Waals surface area (Å²) in [7, 11) is 0. The largest absolute Gasteiger partial charge is 0.253 e. The van der Waals surface area contributed by atoms with E-state index in [2.05, 4.69) is 94.9 Å². The van der Waals surface area contributed by atoms with E-state index < -0.39 is 0 Å². The highest BCUT2D eigenvalue weighted by Gasteiger charge is 2.11. The Labute approximate surface area is 162 Å². The monoisotopic (exact) mass is 356 g/mol. The van der Waals surface area contributed by atoms with Crippen LogP contribution in [0.3, 0.4) is 0 Å². The van der Waals surface area contributed by atoms with Gasteiger partial charge in [0.15, 0.2) is 0 Å². The SMILES string of the molecule is c1ccc2c(c1)ccc1cc(-c3ccc4nccnc4c3)c3ccccc3c12. The van der Waals surface area contributed by atoms with E-state index in [-0.39, 0.29) is 0 Å². The van der Waals surface area contributed by atoms with Crippen molar-refractivity contribution >= 4 is 43.4 Å². The fourth-order valence-corrected chi connectivity index (χ4v) is 4.25. The number of hydrogen-bond acceptors (Lipinski definition) is 2. The summed E-state index contributed by atoms with van der Waals surface area (Å²) in [5.41, 5.74) is 4.23. The predicted molar refractivity (Wildman–Crippen MR) is 117 cm³/mol. The smallest absolute Gasteiger partial charge is 0.0892 e. The van der Waals surface area contributed by atoms with Gasteiger partial charge in [0, 0.05) is 12.4 Å². The molecule has 5 aromatic carbocycles. The van der Waals surface area contributed by atoms with Gasteiger partial charge in [0.05, 0.1) is 11.0 Å². The van der Waals surface area contributed by atoms with E-state index in [0.29, 0.717) is 0 Å². The fourth-order valence-electron chi connectivity index (χ4n) is 4.25. The average Bonchev–Trinajstić information content (AvgIpc) is 2.78. The molecule has 1 aromatic heterocycles. The number of rotatable bonds is 1. The minimum Gasteiger partial charge on any atom is -0.253 e. The van der Waals surface area contributed by atoms with Crippen molar-refractivity contribution in [2.24, 2.45) is 0 Å². The average molecular weight is 356 g/mol. The lowest BCUT2D eigenvalue weighted by atomic mass is 9.90. The molecule has 2 heteroatoms. The quantitative estimate of drug-likeness (QED) is 0.304. The molecule has 0 aliphatic carbocycles. The van der Waals surface area contributed by atoms with Gasteiger partial charge >= 0.3 is 0 Å². The van der Waals surface area contributed by atoms with Crippen LogP contribution in [0.4, 0.5) is 0 Å². The Morgan fingerprint density at radius 2 is 1.21 bits per heavy atom. The highest BCUT2D eigenvalue weighted by Crippen LogP contribution is 2.38. The Kier molecular flexibility index (Phi) is 3.20. The maximum Gasteiger partial charge on any atom is 0.0892 e. The van der Waals surface area contributed by atoms with E-state index in [9.17, 15) is 0 Å². The molecule has 6 aromatic rings. The minimum absolute atomic E-state index is 0.919. The Hall–Kier alpha value is -3.78. The second kappa shape index (κ2) is 5.86. The molecule has 6 rings (SSSR count). The van der Waals surface area contributed by atoms with Crippen molar-refractivity contribution in [3.8, 4) is 11.1 Å². The van der Waals surface area contributed by atoms with Crippen molar-refractivity contribution in [1.29, 1.82) is 0 Å². The van der Waals surface area contributed by atoms with E-state index in [0.717, 1.165) is 11.0 Å². The van der Waals surface area contributed by atoms with Crippen LogP contribution in [0, 0.1) is 0 Å². The molecule has 0 radical (unpaired) electrons. The molecule has 28 heavy (non-hydrogen) atoms. The summed E-state index contributed by atoms with van der Waals surface area (Å²) in [5, 5.41) is 7.69. The third-order valence-corrected chi connectivity index (χ3v) is 5.53. The molecular formula is C26H16N2. The lowest BCUT2D eigenvalue weighted by Gasteiger charge is -2.13. The second-order valence-corrected chi connectivity index (χ2v) is 7.11. The van der Waals surface area contributed by atoms with Crippen molar-refractivity contribution in [2.75, 3.05) is 0 Å². The van der Waals surface area contributed by atoms with Gasteiger partial charge in [-0.3, -0.25) is 9.97 Å². The molecular weight excluding hydrogens is 340 g/mol. The molecule has 0 spiro atoms. The Morgan fingerprint density at radius 1 is 0.500 bits per heavy atom. The van der Waals surface area contributed by atoms with Crippen LogP contribution in [0.1, 0.15) is 0 Å². The molecule has 0 aliphatic rings. The van der Waals surface area contributed by atoms with Crippen molar-refractivity contribution < 1.29 is 0 Å². The lowest BCUT2D eigenvalue weighted by molar-refractivity contribution is 1.29. The van der Waals surface area contributed by atoms with Crippen LogP contribution >= 0.6 is 0 Å². The van der Waals surface area contributed by atoms with Crippen molar-refractivity contribution in [3.05, 3.63) is 97.3 Å². The van der Waals surface area contributed by atoms with Crippen LogP contribution in [-0.2, 0) is 0 Å². The van der Waals surface area contributed by atoms with Crippen molar-refractivity contribution in [1.82, 2.24) is 9.97 Å². The number of hydrogen-bond donors (Lipinski definition) is 0. The Bertz CT molecular complexity index is 1520. The Balaban J connectivity index is 1.76. The van der Waals surface area contributed by atoms with E-state index >= 15 is 0 Å². The van der Waals surface area contributed by atoms with Gasteiger partial charge in [-0.1, -0.05) is 66.7 Å². The van der Waals surface area contributed by atoms with E-state index in [4.69, 9.17) is 0 Å². The van der Waals surface area contributed by atoms with Gasteiger partial charge in [-0.2, -0.15) is 0 Å². The van der Waals surface area contributed by atoms with Crippen LogP contribution in [0.25, 0.3) is 54.5 Å². The van der Waals surface area contributed by atoms with Crippen LogP contribution in [-0.4, -0.2) is 9.97 Å². The molecule has 1 heterocycles. The fraction of sp³-hybridized carbons (Fsp3) is 0. The van der Waals surface area contributed by atoms with Gasteiger partial charge in [-0.05, 0) is 61.6 Å². The van der Waals surface area contributed by atoms with E-state index in [1.165, 1.54) is 43.4 Å². The van der Waals surface area contributed by atoms with Crippen LogP contribution in [0.5, 0.6) is 0 Å². The van der Waals surface area contributed by atoms with Crippen LogP contribution in [0.2, 0.25) is 0 Å². The summed E-state index contributed by atoms with van der Waals surface area (Å²) >= 11 is 0. The topological polar surface area (TPSA) is 25.8 Å². The van der Waals surface area contributed by atoms with E-state index in [1.807, 2.05) is 0 Å². The predicted octanol–water partition coefficient (Wildman–Crippen LogP) is 6.76. The molecule has 0 saturated heterocycles. The number of nitrogens with zero attached hydrogens (tertiary/aromatic N) is 2. The van der Waals surface area contributed by atoms with Gasteiger partial charge in [-0.15, -0.1) is 0 Å².